The lowest BCUT2D eigenvalue weighted by molar-refractivity contribution is 1.15. The predicted octanol–water partition coefficient (Wildman–Crippen LogP) is 14.0. The second-order valence-corrected chi connectivity index (χ2v) is 22.3. The molecule has 14 aromatic rings. The van der Waals surface area contributed by atoms with Crippen LogP contribution in [0.1, 0.15) is 0 Å². The normalized spacial score (nSPS) is 12.0. The molecular weight excluding hydrogens is 863 g/mol. The minimum Gasteiger partial charge on any atom is -0.309 e. The molecule has 0 fully saturated rings. The van der Waals surface area contributed by atoms with Gasteiger partial charge in [0.1, 0.15) is 0 Å². The number of nitrogens with zero attached hydrogens (tertiary/aromatic N) is 3. The summed E-state index contributed by atoms with van der Waals surface area (Å²) < 4.78 is 7.45. The molecule has 0 aliphatic heterocycles. The van der Waals surface area contributed by atoms with E-state index < -0.39 is 8.07 Å². The van der Waals surface area contributed by atoms with Crippen LogP contribution in [0.25, 0.3) is 93.6 Å². The summed E-state index contributed by atoms with van der Waals surface area (Å²) in [5.74, 6) is 0. The molecule has 328 valence electrons. The van der Waals surface area contributed by atoms with Gasteiger partial charge in [-0.25, -0.2) is 0 Å². The van der Waals surface area contributed by atoms with Gasteiger partial charge in [-0.05, 0) is 92.5 Å². The molecule has 0 amide bonds. The van der Waals surface area contributed by atoms with Gasteiger partial charge in [0.2, 0.25) is 0 Å². The van der Waals surface area contributed by atoms with Crippen LogP contribution in [0, 0.1) is 0 Å². The van der Waals surface area contributed by atoms with E-state index in [1.807, 2.05) is 0 Å². The first kappa shape index (κ1) is 40.1. The van der Waals surface area contributed by atoms with Crippen molar-refractivity contribution in [3.05, 3.63) is 273 Å². The van der Waals surface area contributed by atoms with Gasteiger partial charge < -0.3 is 13.7 Å². The maximum absolute atomic E-state index is 2.88. The van der Waals surface area contributed by atoms with Crippen LogP contribution in [0.3, 0.4) is 0 Å². The van der Waals surface area contributed by atoms with Gasteiger partial charge in [-0.3, -0.25) is 0 Å². The van der Waals surface area contributed by atoms with E-state index in [4.69, 9.17) is 0 Å². The van der Waals surface area contributed by atoms with Crippen LogP contribution < -0.4 is 20.7 Å². The first-order chi connectivity index (χ1) is 34.7. The van der Waals surface area contributed by atoms with Crippen molar-refractivity contribution in [2.75, 3.05) is 0 Å². The molecule has 0 spiro atoms. The maximum Gasteiger partial charge on any atom is 0.179 e. The van der Waals surface area contributed by atoms with Crippen LogP contribution >= 0.6 is 0 Å². The molecular formula is C66H45N3Si. The molecule has 0 saturated carbocycles. The third kappa shape index (κ3) is 6.07. The highest BCUT2D eigenvalue weighted by molar-refractivity contribution is 7.20. The van der Waals surface area contributed by atoms with Crippen molar-refractivity contribution in [3.8, 4) is 28.2 Å². The van der Waals surface area contributed by atoms with Crippen molar-refractivity contribution >= 4 is 94.2 Å². The highest BCUT2D eigenvalue weighted by atomic mass is 28.3. The second-order valence-electron chi connectivity index (χ2n) is 18.5. The Bertz CT molecular complexity index is 4130. The lowest BCUT2D eigenvalue weighted by Gasteiger charge is -2.34. The fourth-order valence-corrected chi connectivity index (χ4v) is 16.5. The van der Waals surface area contributed by atoms with Crippen molar-refractivity contribution in [1.82, 2.24) is 13.7 Å². The molecule has 11 aromatic carbocycles. The Balaban J connectivity index is 1.09. The van der Waals surface area contributed by atoms with Gasteiger partial charge >= 0.3 is 0 Å². The summed E-state index contributed by atoms with van der Waals surface area (Å²) in [7, 11) is -2.88. The van der Waals surface area contributed by atoms with Gasteiger partial charge in [0.25, 0.3) is 0 Å². The minimum absolute atomic E-state index is 1.11. The molecule has 0 atom stereocenters. The lowest BCUT2D eigenvalue weighted by Crippen LogP contribution is -2.74. The van der Waals surface area contributed by atoms with Crippen LogP contribution in [-0.4, -0.2) is 21.8 Å². The van der Waals surface area contributed by atoms with E-state index in [0.717, 1.165) is 28.1 Å². The zero-order chi connectivity index (χ0) is 46.2. The molecule has 0 N–H and O–H groups in total. The Labute approximate surface area is 407 Å². The van der Waals surface area contributed by atoms with Crippen LogP contribution in [0.5, 0.6) is 0 Å². The molecule has 0 aliphatic carbocycles. The Morgan fingerprint density at radius 3 is 1.03 bits per heavy atom. The average molecular weight is 908 g/mol. The molecule has 70 heavy (non-hydrogen) atoms. The molecule has 3 nitrogen and oxygen atoms in total. The van der Waals surface area contributed by atoms with E-state index in [1.54, 1.807) is 0 Å². The minimum atomic E-state index is -2.88. The zero-order valence-electron chi connectivity index (χ0n) is 38.3. The second kappa shape index (κ2) is 16.1. The van der Waals surface area contributed by atoms with Gasteiger partial charge in [-0.15, -0.1) is 0 Å². The summed E-state index contributed by atoms with van der Waals surface area (Å²) in [6, 6.07) is 101. The molecule has 0 saturated heterocycles. The summed E-state index contributed by atoms with van der Waals surface area (Å²) in [5.41, 5.74) is 12.8. The standard InChI is InChI=1S/C66H45N3Si/c1-5-20-46(21-6-1)47-22-19-23-48(42-47)68-63-35-18-15-32-57(63)58-39-37-50(44-64(58)68)69-65-43-49(67-61-33-16-13-30-55(61)56-31-14-17-34-62(56)67)36-40-59(65)60-41-38-54(45-66(60)69)70(51-24-7-2-8-25-51,52-26-9-3-10-27-52)53-28-11-4-12-29-53/h1-45H. The van der Waals surface area contributed by atoms with E-state index in [1.165, 1.54) is 86.3 Å². The van der Waals surface area contributed by atoms with Gasteiger partial charge in [-0.2, -0.15) is 0 Å². The summed E-state index contributed by atoms with van der Waals surface area (Å²) in [6.07, 6.45) is 0. The van der Waals surface area contributed by atoms with Gasteiger partial charge in [0, 0.05) is 49.4 Å². The van der Waals surface area contributed by atoms with E-state index >= 15 is 0 Å². The average Bonchev–Trinajstić information content (AvgIpc) is 4.07. The van der Waals surface area contributed by atoms with E-state index in [2.05, 4.69) is 287 Å². The Morgan fingerprint density at radius 2 is 0.543 bits per heavy atom. The number of fused-ring (bicyclic) bond motifs is 9. The predicted molar refractivity (Wildman–Crippen MR) is 299 cm³/mol. The Morgan fingerprint density at radius 1 is 0.200 bits per heavy atom. The van der Waals surface area contributed by atoms with Crippen molar-refractivity contribution in [1.29, 1.82) is 0 Å². The van der Waals surface area contributed by atoms with Crippen LogP contribution in [0.15, 0.2) is 273 Å². The summed E-state index contributed by atoms with van der Waals surface area (Å²) in [5, 5.41) is 12.8. The maximum atomic E-state index is 2.55. The molecule has 0 bridgehead atoms. The number of aromatic nitrogens is 3. The smallest absolute Gasteiger partial charge is 0.179 e. The number of rotatable bonds is 8. The largest absolute Gasteiger partial charge is 0.309 e. The fourth-order valence-electron chi connectivity index (χ4n) is 11.8. The van der Waals surface area contributed by atoms with Crippen molar-refractivity contribution in [2.45, 2.75) is 0 Å². The zero-order valence-corrected chi connectivity index (χ0v) is 39.3. The number of benzene rings is 11. The molecule has 0 unspecified atom stereocenters. The molecule has 3 aromatic heterocycles. The van der Waals surface area contributed by atoms with Crippen LogP contribution in [0.4, 0.5) is 0 Å². The van der Waals surface area contributed by atoms with Crippen molar-refractivity contribution in [2.24, 2.45) is 0 Å². The fraction of sp³-hybridized carbons (Fsp3) is 0. The Hall–Kier alpha value is -8.96. The molecule has 0 radical (unpaired) electrons. The number of hydrogen-bond acceptors (Lipinski definition) is 0. The molecule has 4 heteroatoms. The highest BCUT2D eigenvalue weighted by Gasteiger charge is 2.41. The quantitative estimate of drug-likeness (QED) is 0.107. The van der Waals surface area contributed by atoms with Crippen molar-refractivity contribution < 1.29 is 0 Å². The summed E-state index contributed by atoms with van der Waals surface area (Å²) in [4.78, 5) is 0. The topological polar surface area (TPSA) is 14.8 Å². The third-order valence-electron chi connectivity index (χ3n) is 14.8. The third-order valence-corrected chi connectivity index (χ3v) is 19.5. The molecule has 14 rings (SSSR count). The SMILES string of the molecule is c1ccc(-c2cccc(-n3c4ccccc4c4ccc(-n5c6cc(-n7c8ccccc8c8ccccc87)ccc6c6ccc([Si](c7ccccc7)(c7ccccc7)c7ccccc7)cc65)cc43)c2)cc1. The summed E-state index contributed by atoms with van der Waals surface area (Å²) >= 11 is 0. The van der Waals surface area contributed by atoms with Crippen LogP contribution in [0.2, 0.25) is 0 Å². The van der Waals surface area contributed by atoms with E-state index in [0.29, 0.717) is 0 Å². The van der Waals surface area contributed by atoms with Gasteiger partial charge in [0.15, 0.2) is 8.07 Å². The lowest BCUT2D eigenvalue weighted by atomic mass is 10.1. The monoisotopic (exact) mass is 907 g/mol. The first-order valence-electron chi connectivity index (χ1n) is 24.2. The molecule has 3 heterocycles. The first-order valence-corrected chi connectivity index (χ1v) is 26.2. The number of hydrogen-bond donors (Lipinski definition) is 0. The van der Waals surface area contributed by atoms with Crippen LogP contribution in [-0.2, 0) is 0 Å². The van der Waals surface area contributed by atoms with E-state index in [9.17, 15) is 0 Å². The summed E-state index contributed by atoms with van der Waals surface area (Å²) in [6.45, 7) is 0. The van der Waals surface area contributed by atoms with E-state index in [-0.39, 0.29) is 0 Å². The van der Waals surface area contributed by atoms with Gasteiger partial charge in [-0.1, -0.05) is 212 Å². The number of para-hydroxylation sites is 3. The molecule has 0 aliphatic rings. The van der Waals surface area contributed by atoms with Crippen molar-refractivity contribution in [3.63, 3.8) is 0 Å². The van der Waals surface area contributed by atoms with Gasteiger partial charge in [0.05, 0.1) is 33.1 Å². The Kier molecular flexibility index (Phi) is 9.23. The highest BCUT2D eigenvalue weighted by Crippen LogP contribution is 2.40.